The maximum Gasteiger partial charge on any atom is 0.273 e. The quantitative estimate of drug-likeness (QED) is 0.658. The number of para-hydroxylation sites is 1. The lowest BCUT2D eigenvalue weighted by molar-refractivity contribution is -0.385. The van der Waals surface area contributed by atoms with Gasteiger partial charge in [-0.15, -0.1) is 0 Å². The van der Waals surface area contributed by atoms with Crippen molar-refractivity contribution >= 4 is 23.2 Å². The van der Waals surface area contributed by atoms with E-state index in [4.69, 9.17) is 0 Å². The summed E-state index contributed by atoms with van der Waals surface area (Å²) in [5.74, 6) is -0.787. The fourth-order valence-electron chi connectivity index (χ4n) is 2.64. The summed E-state index contributed by atoms with van der Waals surface area (Å²) in [6.07, 6.45) is 0. The van der Waals surface area contributed by atoms with Gasteiger partial charge in [-0.1, -0.05) is 24.3 Å². The van der Waals surface area contributed by atoms with E-state index in [1.165, 1.54) is 30.1 Å². The van der Waals surface area contributed by atoms with Crippen molar-refractivity contribution in [3.8, 4) is 0 Å². The number of rotatable bonds is 5. The van der Waals surface area contributed by atoms with Gasteiger partial charge in [0.15, 0.2) is 0 Å². The highest BCUT2D eigenvalue weighted by Gasteiger charge is 2.19. The molecule has 0 aromatic heterocycles. The zero-order chi connectivity index (χ0) is 19.4. The number of amides is 2. The van der Waals surface area contributed by atoms with Crippen LogP contribution in [0.5, 0.6) is 0 Å². The number of hydrogen-bond acceptors (Lipinski definition) is 4. The molecule has 2 aromatic carbocycles. The van der Waals surface area contributed by atoms with E-state index in [0.717, 1.165) is 16.8 Å². The molecule has 0 heterocycles. The van der Waals surface area contributed by atoms with Crippen LogP contribution in [0.1, 0.15) is 27.0 Å². The van der Waals surface area contributed by atoms with Crippen molar-refractivity contribution in [1.29, 1.82) is 0 Å². The van der Waals surface area contributed by atoms with Crippen molar-refractivity contribution in [3.63, 3.8) is 0 Å². The Morgan fingerprint density at radius 2 is 1.69 bits per heavy atom. The van der Waals surface area contributed by atoms with Gasteiger partial charge >= 0.3 is 0 Å². The first-order chi connectivity index (χ1) is 12.2. The fraction of sp³-hybridized carbons (Fsp3) is 0.263. The monoisotopic (exact) mass is 355 g/mol. The van der Waals surface area contributed by atoms with Crippen LogP contribution >= 0.6 is 0 Å². The molecule has 0 fully saturated rings. The van der Waals surface area contributed by atoms with Gasteiger partial charge in [-0.2, -0.15) is 0 Å². The highest BCUT2D eigenvalue weighted by Crippen LogP contribution is 2.21. The molecule has 0 spiro atoms. The van der Waals surface area contributed by atoms with Gasteiger partial charge < -0.3 is 10.2 Å². The highest BCUT2D eigenvalue weighted by molar-refractivity contribution is 6.00. The molecule has 0 unspecified atom stereocenters. The maximum atomic E-state index is 12.5. The lowest BCUT2D eigenvalue weighted by atomic mass is 10.1. The van der Waals surface area contributed by atoms with E-state index in [1.54, 1.807) is 6.92 Å². The topological polar surface area (TPSA) is 92.6 Å². The summed E-state index contributed by atoms with van der Waals surface area (Å²) in [4.78, 5) is 36.5. The van der Waals surface area contributed by atoms with E-state index < -0.39 is 10.8 Å². The Bertz CT molecular complexity index is 857. The molecule has 136 valence electrons. The minimum absolute atomic E-state index is 0.121. The molecule has 2 aromatic rings. The van der Waals surface area contributed by atoms with Gasteiger partial charge in [0, 0.05) is 29.9 Å². The molecule has 0 bridgehead atoms. The Morgan fingerprint density at radius 1 is 1.08 bits per heavy atom. The summed E-state index contributed by atoms with van der Waals surface area (Å²) in [7, 11) is 1.48. The number of carbonyl (C=O) groups is 2. The number of benzene rings is 2. The van der Waals surface area contributed by atoms with E-state index in [0.29, 0.717) is 5.56 Å². The zero-order valence-electron chi connectivity index (χ0n) is 15.2. The molecule has 0 saturated heterocycles. The van der Waals surface area contributed by atoms with Crippen molar-refractivity contribution in [2.45, 2.75) is 20.8 Å². The first-order valence-electron chi connectivity index (χ1n) is 8.07. The van der Waals surface area contributed by atoms with Crippen molar-refractivity contribution < 1.29 is 14.5 Å². The van der Waals surface area contributed by atoms with Crippen molar-refractivity contribution in [3.05, 3.63) is 68.8 Å². The maximum absolute atomic E-state index is 12.5. The lowest BCUT2D eigenvalue weighted by Crippen LogP contribution is -2.35. The van der Waals surface area contributed by atoms with Crippen LogP contribution in [-0.2, 0) is 4.79 Å². The van der Waals surface area contributed by atoms with E-state index in [-0.39, 0.29) is 23.7 Å². The molecule has 0 saturated carbocycles. The van der Waals surface area contributed by atoms with Crippen LogP contribution in [-0.4, -0.2) is 35.2 Å². The summed E-state index contributed by atoms with van der Waals surface area (Å²) in [5, 5.41) is 13.8. The minimum Gasteiger partial charge on any atom is -0.332 e. The number of nitro groups is 1. The first-order valence-corrected chi connectivity index (χ1v) is 8.07. The third-order valence-corrected chi connectivity index (χ3v) is 4.13. The molecule has 0 aliphatic rings. The predicted molar refractivity (Wildman–Crippen MR) is 99.3 cm³/mol. The molecule has 0 aliphatic carbocycles. The van der Waals surface area contributed by atoms with Gasteiger partial charge in [-0.05, 0) is 38.0 Å². The van der Waals surface area contributed by atoms with Crippen molar-refractivity contribution in [2.75, 3.05) is 18.9 Å². The number of nitrogens with one attached hydrogen (secondary N) is 1. The van der Waals surface area contributed by atoms with Crippen LogP contribution in [0.3, 0.4) is 0 Å². The number of anilines is 1. The van der Waals surface area contributed by atoms with E-state index in [2.05, 4.69) is 5.32 Å². The Balaban J connectivity index is 2.10. The number of nitrogens with zero attached hydrogens (tertiary/aromatic N) is 2. The number of likely N-dealkylation sites (N-methyl/N-ethyl adjacent to an activating group) is 1. The van der Waals surface area contributed by atoms with Gasteiger partial charge in [0.2, 0.25) is 5.91 Å². The first kappa shape index (κ1) is 19.1. The molecule has 0 radical (unpaired) electrons. The normalized spacial score (nSPS) is 10.3. The number of aryl methyl sites for hydroxylation is 3. The molecular formula is C19H21N3O4. The summed E-state index contributed by atoms with van der Waals surface area (Å²) in [5.41, 5.74) is 3.11. The summed E-state index contributed by atoms with van der Waals surface area (Å²) < 4.78 is 0. The van der Waals surface area contributed by atoms with Crippen molar-refractivity contribution in [1.82, 2.24) is 4.90 Å². The Kier molecular flexibility index (Phi) is 5.71. The third-order valence-electron chi connectivity index (χ3n) is 4.13. The predicted octanol–water partition coefficient (Wildman–Crippen LogP) is 3.23. The van der Waals surface area contributed by atoms with Crippen LogP contribution < -0.4 is 5.32 Å². The van der Waals surface area contributed by atoms with E-state index in [1.807, 2.05) is 32.0 Å². The molecule has 26 heavy (non-hydrogen) atoms. The zero-order valence-corrected chi connectivity index (χ0v) is 15.2. The van der Waals surface area contributed by atoms with Gasteiger partial charge in [0.05, 0.1) is 11.5 Å². The smallest absolute Gasteiger partial charge is 0.273 e. The molecular weight excluding hydrogens is 334 g/mol. The fourth-order valence-corrected chi connectivity index (χ4v) is 2.64. The van der Waals surface area contributed by atoms with Crippen molar-refractivity contribution in [2.24, 2.45) is 0 Å². The van der Waals surface area contributed by atoms with Crippen LogP contribution in [0.2, 0.25) is 0 Å². The summed E-state index contributed by atoms with van der Waals surface area (Å²) in [6.45, 7) is 5.23. The van der Waals surface area contributed by atoms with Gasteiger partial charge in [-0.25, -0.2) is 0 Å². The SMILES string of the molecule is Cc1ccc(C(=O)N(C)CC(=O)Nc2c(C)cccc2C)cc1[N+](=O)[O-]. The number of hydrogen-bond donors (Lipinski definition) is 1. The minimum atomic E-state index is -0.528. The standard InChI is InChI=1S/C19H21N3O4/c1-12-8-9-15(10-16(12)22(25)26)19(24)21(4)11-17(23)20-18-13(2)6-5-7-14(18)3/h5-10H,11H2,1-4H3,(H,20,23). The average molecular weight is 355 g/mol. The summed E-state index contributed by atoms with van der Waals surface area (Å²) >= 11 is 0. The largest absolute Gasteiger partial charge is 0.332 e. The van der Waals surface area contributed by atoms with Crippen LogP contribution in [0.15, 0.2) is 36.4 Å². The van der Waals surface area contributed by atoms with Crippen LogP contribution in [0, 0.1) is 30.9 Å². The van der Waals surface area contributed by atoms with E-state index in [9.17, 15) is 19.7 Å². The number of nitro benzene ring substituents is 1. The highest BCUT2D eigenvalue weighted by atomic mass is 16.6. The third kappa shape index (κ3) is 4.24. The molecule has 7 heteroatoms. The molecule has 2 amide bonds. The van der Waals surface area contributed by atoms with Gasteiger partial charge in [-0.3, -0.25) is 19.7 Å². The number of carbonyl (C=O) groups excluding carboxylic acids is 2. The molecule has 1 N–H and O–H groups in total. The van der Waals surface area contributed by atoms with Gasteiger partial charge in [0.1, 0.15) is 0 Å². The Labute approximate surface area is 151 Å². The van der Waals surface area contributed by atoms with E-state index >= 15 is 0 Å². The Hall–Kier alpha value is -3.22. The van der Waals surface area contributed by atoms with Gasteiger partial charge in [0.25, 0.3) is 11.6 Å². The Morgan fingerprint density at radius 3 is 2.27 bits per heavy atom. The average Bonchev–Trinajstić information content (AvgIpc) is 2.57. The van der Waals surface area contributed by atoms with Crippen LogP contribution in [0.4, 0.5) is 11.4 Å². The lowest BCUT2D eigenvalue weighted by Gasteiger charge is -2.18. The summed E-state index contributed by atoms with van der Waals surface area (Å²) in [6, 6.07) is 9.96. The molecule has 0 aliphatic heterocycles. The molecule has 0 atom stereocenters. The van der Waals surface area contributed by atoms with Crippen LogP contribution in [0.25, 0.3) is 0 Å². The second-order valence-electron chi connectivity index (χ2n) is 6.23. The molecule has 7 nitrogen and oxygen atoms in total. The second kappa shape index (κ2) is 7.77. The second-order valence-corrected chi connectivity index (χ2v) is 6.23. The molecule has 2 rings (SSSR count).